The Labute approximate surface area is 91.5 Å². The van der Waals surface area contributed by atoms with Crippen molar-refractivity contribution in [2.24, 2.45) is 0 Å². The van der Waals surface area contributed by atoms with E-state index >= 15 is 0 Å². The van der Waals surface area contributed by atoms with Crippen LogP contribution in [0.5, 0.6) is 0 Å². The van der Waals surface area contributed by atoms with Crippen LogP contribution in [0.25, 0.3) is 0 Å². The highest BCUT2D eigenvalue weighted by Gasteiger charge is 2.26. The van der Waals surface area contributed by atoms with Crippen molar-refractivity contribution in [2.45, 2.75) is 24.2 Å². The molecular weight excluding hydrogens is 285 g/mol. The Morgan fingerprint density at radius 1 is 1.46 bits per heavy atom. The lowest BCUT2D eigenvalue weighted by atomic mass is 10.1. The van der Waals surface area contributed by atoms with E-state index in [-0.39, 0.29) is 5.57 Å². The summed E-state index contributed by atoms with van der Waals surface area (Å²) in [6, 6.07) is 0. The molecule has 0 saturated heterocycles. The van der Waals surface area contributed by atoms with Gasteiger partial charge in [0.2, 0.25) is 0 Å². The minimum absolute atomic E-state index is 0.0164. The molecular formula is C10H13F2I. The number of rotatable bonds is 4. The van der Waals surface area contributed by atoms with Gasteiger partial charge >= 0.3 is 3.93 Å². The quantitative estimate of drug-likeness (QED) is 0.408. The summed E-state index contributed by atoms with van der Waals surface area (Å²) in [6.45, 7) is 7.23. The van der Waals surface area contributed by atoms with Gasteiger partial charge in [-0.25, -0.2) is 0 Å². The zero-order chi connectivity index (χ0) is 10.5. The van der Waals surface area contributed by atoms with Gasteiger partial charge in [0.05, 0.1) is 0 Å². The lowest BCUT2D eigenvalue weighted by molar-refractivity contribution is 0.173. The third-order valence-electron chi connectivity index (χ3n) is 1.59. The largest absolute Gasteiger partial charge is 0.321 e. The fraction of sp³-hybridized carbons (Fsp3) is 0.400. The van der Waals surface area contributed by atoms with Gasteiger partial charge in [-0.2, -0.15) is 8.78 Å². The smallest absolute Gasteiger partial charge is 0.189 e. The molecule has 0 aromatic heterocycles. The number of alkyl halides is 3. The summed E-state index contributed by atoms with van der Waals surface area (Å²) in [4.78, 5) is 0. The third-order valence-corrected chi connectivity index (χ3v) is 2.21. The van der Waals surface area contributed by atoms with E-state index in [9.17, 15) is 8.78 Å². The first-order chi connectivity index (χ1) is 5.91. The topological polar surface area (TPSA) is 0 Å². The van der Waals surface area contributed by atoms with Crippen molar-refractivity contribution in [3.8, 4) is 0 Å². The first kappa shape index (κ1) is 12.8. The second-order valence-electron chi connectivity index (χ2n) is 2.59. The summed E-state index contributed by atoms with van der Waals surface area (Å²) in [5.41, 5.74) is 0.864. The van der Waals surface area contributed by atoms with Crippen molar-refractivity contribution in [3.63, 3.8) is 0 Å². The molecule has 0 radical (unpaired) electrons. The van der Waals surface area contributed by atoms with Gasteiger partial charge in [-0.15, -0.1) is 0 Å². The highest BCUT2D eigenvalue weighted by atomic mass is 127. The van der Waals surface area contributed by atoms with Crippen molar-refractivity contribution < 1.29 is 8.78 Å². The lowest BCUT2D eigenvalue weighted by Crippen LogP contribution is -2.06. The van der Waals surface area contributed by atoms with Crippen LogP contribution in [0.3, 0.4) is 0 Å². The Bertz CT molecular complexity index is 234. The molecule has 0 fully saturated rings. The summed E-state index contributed by atoms with van der Waals surface area (Å²) in [6.07, 6.45) is 5.23. The maximum Gasteiger partial charge on any atom is 0.321 e. The van der Waals surface area contributed by atoms with Gasteiger partial charge in [0, 0.05) is 28.2 Å². The molecule has 0 aromatic rings. The molecule has 0 saturated carbocycles. The van der Waals surface area contributed by atoms with Crippen molar-refractivity contribution >= 4 is 22.6 Å². The van der Waals surface area contributed by atoms with E-state index in [1.165, 1.54) is 12.2 Å². The van der Waals surface area contributed by atoms with Crippen LogP contribution in [0.15, 0.2) is 36.0 Å². The third kappa shape index (κ3) is 5.18. The predicted octanol–water partition coefficient (Wildman–Crippen LogP) is 4.48. The van der Waals surface area contributed by atoms with Gasteiger partial charge in [0.15, 0.2) is 0 Å². The van der Waals surface area contributed by atoms with E-state index in [0.717, 1.165) is 34.6 Å². The van der Waals surface area contributed by atoms with Crippen LogP contribution in [0.1, 0.15) is 20.3 Å². The van der Waals surface area contributed by atoms with Crippen LogP contribution in [0, 0.1) is 0 Å². The Balaban J connectivity index is 4.50. The fourth-order valence-corrected chi connectivity index (χ4v) is 1.17. The van der Waals surface area contributed by atoms with Crippen LogP contribution in [0.4, 0.5) is 8.78 Å². The lowest BCUT2D eigenvalue weighted by Gasteiger charge is -2.08. The molecule has 0 nitrogen and oxygen atoms in total. The molecule has 0 N–H and O–H groups in total. The monoisotopic (exact) mass is 298 g/mol. The number of allylic oxidation sites excluding steroid dienone is 5. The molecule has 0 aromatic carbocycles. The first-order valence-corrected chi connectivity index (χ1v) is 5.09. The van der Waals surface area contributed by atoms with Crippen molar-refractivity contribution in [2.75, 3.05) is 0 Å². The van der Waals surface area contributed by atoms with E-state index in [4.69, 9.17) is 0 Å². The summed E-state index contributed by atoms with van der Waals surface area (Å²) in [5.74, 6) is 0. The SMILES string of the molecule is C=C(/C=C\C(=C/C)C(F)(F)I)CC. The summed E-state index contributed by atoms with van der Waals surface area (Å²) in [7, 11) is 0. The number of hydrogen-bond acceptors (Lipinski definition) is 0. The molecule has 0 aliphatic carbocycles. The standard InChI is InChI=1S/C10H13F2I/c1-4-8(3)6-7-9(5-2)10(11,12)13/h5-7H,3-4H2,1-2H3/b7-6-,9-5+. The fourth-order valence-electron chi connectivity index (χ4n) is 0.680. The predicted molar refractivity (Wildman–Crippen MR) is 61.3 cm³/mol. The van der Waals surface area contributed by atoms with E-state index in [1.54, 1.807) is 13.0 Å². The molecule has 0 spiro atoms. The van der Waals surface area contributed by atoms with Crippen molar-refractivity contribution in [3.05, 3.63) is 36.0 Å². The van der Waals surface area contributed by atoms with E-state index in [0.29, 0.717) is 0 Å². The number of halogens is 3. The van der Waals surface area contributed by atoms with Crippen LogP contribution in [-0.2, 0) is 0 Å². The Hall–Kier alpha value is -0.190. The molecule has 0 unspecified atom stereocenters. The summed E-state index contributed by atoms with van der Waals surface area (Å²) in [5, 5.41) is 0. The van der Waals surface area contributed by atoms with Gasteiger partial charge in [-0.05, 0) is 13.3 Å². The molecule has 0 rings (SSSR count). The van der Waals surface area contributed by atoms with Crippen LogP contribution >= 0.6 is 22.6 Å². The highest BCUT2D eigenvalue weighted by molar-refractivity contribution is 14.1. The highest BCUT2D eigenvalue weighted by Crippen LogP contribution is 2.32. The van der Waals surface area contributed by atoms with Crippen LogP contribution in [-0.4, -0.2) is 3.93 Å². The average molecular weight is 298 g/mol. The maximum absolute atomic E-state index is 12.8. The molecule has 74 valence electrons. The van der Waals surface area contributed by atoms with Gasteiger partial charge < -0.3 is 0 Å². The first-order valence-electron chi connectivity index (χ1n) is 4.01. The van der Waals surface area contributed by atoms with Gasteiger partial charge in [-0.3, -0.25) is 0 Å². The average Bonchev–Trinajstić information content (AvgIpc) is 2.02. The normalized spacial score (nSPS) is 13.8. The molecule has 0 atom stereocenters. The molecule has 3 heteroatoms. The minimum atomic E-state index is -2.79. The van der Waals surface area contributed by atoms with Crippen molar-refractivity contribution in [1.29, 1.82) is 0 Å². The van der Waals surface area contributed by atoms with Gasteiger partial charge in [0.25, 0.3) is 0 Å². The Kier molecular flexibility index (Phi) is 5.44. The zero-order valence-electron chi connectivity index (χ0n) is 7.78. The second kappa shape index (κ2) is 5.52. The van der Waals surface area contributed by atoms with Gasteiger partial charge in [-0.1, -0.05) is 37.3 Å². The van der Waals surface area contributed by atoms with Crippen LogP contribution < -0.4 is 0 Å². The molecule has 0 bridgehead atoms. The minimum Gasteiger partial charge on any atom is -0.189 e. The molecule has 13 heavy (non-hydrogen) atoms. The zero-order valence-corrected chi connectivity index (χ0v) is 9.94. The maximum atomic E-state index is 12.8. The number of hydrogen-bond donors (Lipinski definition) is 0. The molecule has 0 aliphatic rings. The van der Waals surface area contributed by atoms with Crippen LogP contribution in [0.2, 0.25) is 0 Å². The molecule has 0 amide bonds. The van der Waals surface area contributed by atoms with E-state index in [2.05, 4.69) is 6.58 Å². The molecule has 0 aliphatic heterocycles. The van der Waals surface area contributed by atoms with Gasteiger partial charge in [0.1, 0.15) is 0 Å². The second-order valence-corrected chi connectivity index (χ2v) is 3.94. The summed E-state index contributed by atoms with van der Waals surface area (Å²) >= 11 is 1.11. The van der Waals surface area contributed by atoms with E-state index < -0.39 is 3.93 Å². The Morgan fingerprint density at radius 2 is 2.00 bits per heavy atom. The Morgan fingerprint density at radius 3 is 2.31 bits per heavy atom. The van der Waals surface area contributed by atoms with Crippen molar-refractivity contribution in [1.82, 2.24) is 0 Å². The molecule has 0 heterocycles. The van der Waals surface area contributed by atoms with E-state index in [1.807, 2.05) is 6.92 Å². The summed E-state index contributed by atoms with van der Waals surface area (Å²) < 4.78 is 22.8.